The van der Waals surface area contributed by atoms with E-state index in [4.69, 9.17) is 4.52 Å². The molecule has 2 fully saturated rings. The van der Waals surface area contributed by atoms with Crippen molar-refractivity contribution in [2.24, 2.45) is 0 Å². The van der Waals surface area contributed by atoms with Crippen molar-refractivity contribution in [2.75, 3.05) is 0 Å². The lowest BCUT2D eigenvalue weighted by atomic mass is 9.84. The molecule has 2 saturated carbocycles. The minimum absolute atomic E-state index is 0.210. The van der Waals surface area contributed by atoms with Gasteiger partial charge in [0.1, 0.15) is 6.10 Å². The van der Waals surface area contributed by atoms with E-state index in [2.05, 4.69) is 12.1 Å². The monoisotopic (exact) mass is 305 g/mol. The van der Waals surface area contributed by atoms with Crippen LogP contribution in [0.25, 0.3) is 0 Å². The number of hydrogen-bond acceptors (Lipinski definition) is 2. The minimum atomic E-state index is -1.69. The van der Waals surface area contributed by atoms with Crippen molar-refractivity contribution in [1.82, 2.24) is 0 Å². The normalized spacial score (nSPS) is 22.2. The first-order chi connectivity index (χ1) is 10.3. The van der Waals surface area contributed by atoms with Gasteiger partial charge >= 0.3 is 8.03 Å². The highest BCUT2D eigenvalue weighted by Gasteiger charge is 2.33. The van der Waals surface area contributed by atoms with Crippen LogP contribution in [0.5, 0.6) is 0 Å². The van der Waals surface area contributed by atoms with Crippen molar-refractivity contribution in [2.45, 2.75) is 76.2 Å². The van der Waals surface area contributed by atoms with Gasteiger partial charge in [0, 0.05) is 5.56 Å². The van der Waals surface area contributed by atoms with Gasteiger partial charge in [-0.2, -0.15) is 0 Å². The van der Waals surface area contributed by atoms with Gasteiger partial charge in [0.25, 0.3) is 0 Å². The maximum absolute atomic E-state index is 12.7. The van der Waals surface area contributed by atoms with Crippen molar-refractivity contribution in [3.63, 3.8) is 0 Å². The number of benzene rings is 1. The third kappa shape index (κ3) is 3.93. The summed E-state index contributed by atoms with van der Waals surface area (Å²) in [4.78, 5) is 0. The zero-order chi connectivity index (χ0) is 14.5. The van der Waals surface area contributed by atoms with Crippen molar-refractivity contribution in [3.8, 4) is 0 Å². The summed E-state index contributed by atoms with van der Waals surface area (Å²) in [5.74, 6) is 0.587. The third-order valence-corrected chi connectivity index (χ3v) is 6.27. The van der Waals surface area contributed by atoms with Crippen LogP contribution in [0.2, 0.25) is 0 Å². The summed E-state index contributed by atoms with van der Waals surface area (Å²) in [6, 6.07) is 8.27. The topological polar surface area (TPSA) is 26.3 Å². The summed E-state index contributed by atoms with van der Waals surface area (Å²) in [6.45, 7) is 0. The molecule has 0 heterocycles. The van der Waals surface area contributed by atoms with Crippen LogP contribution < -0.4 is 5.30 Å². The van der Waals surface area contributed by atoms with Crippen LogP contribution >= 0.6 is 8.03 Å². The lowest BCUT2D eigenvalue weighted by Crippen LogP contribution is -2.18. The summed E-state index contributed by atoms with van der Waals surface area (Å²) >= 11 is 0. The van der Waals surface area contributed by atoms with Gasteiger partial charge in [-0.05, 0) is 42.2 Å². The molecule has 0 aliphatic heterocycles. The van der Waals surface area contributed by atoms with Gasteiger partial charge in [-0.25, -0.2) is 0 Å². The summed E-state index contributed by atoms with van der Waals surface area (Å²) in [5, 5.41) is 0.963. The van der Waals surface area contributed by atoms with Crippen molar-refractivity contribution in [3.05, 3.63) is 29.8 Å². The third-order valence-electron chi connectivity index (χ3n) is 4.98. The molecule has 114 valence electrons. The average Bonchev–Trinajstić information content (AvgIpc) is 2.56. The van der Waals surface area contributed by atoms with E-state index in [0.717, 1.165) is 18.1 Å². The number of hydrogen-bond donors (Lipinski definition) is 0. The molecule has 2 aliphatic rings. The van der Waals surface area contributed by atoms with Gasteiger partial charge in [-0.3, -0.25) is 0 Å². The van der Waals surface area contributed by atoms with E-state index in [1.165, 1.54) is 56.9 Å². The molecule has 2 nitrogen and oxygen atoms in total. The Morgan fingerprint density at radius 3 is 2.19 bits per heavy atom. The Morgan fingerprint density at radius 1 is 0.857 bits per heavy atom. The van der Waals surface area contributed by atoms with Crippen LogP contribution in [0.1, 0.15) is 75.7 Å². The van der Waals surface area contributed by atoms with E-state index < -0.39 is 8.03 Å². The second-order valence-electron chi connectivity index (χ2n) is 6.52. The van der Waals surface area contributed by atoms with Gasteiger partial charge in [-0.1, -0.05) is 56.7 Å². The standard InChI is InChI=1S/C18H26O2P/c19-21(20-16-11-5-2-6-12-16)18-14-8-7-13-17(18)15-9-3-1-4-10-15/h7-8,13-16H,1-6,9-12H2/q+1. The average molecular weight is 305 g/mol. The lowest BCUT2D eigenvalue weighted by molar-refractivity contribution is 0.168. The SMILES string of the molecule is O=[P+](OC1CCCCC1)c1ccccc1C1CCCCC1. The van der Waals surface area contributed by atoms with E-state index in [-0.39, 0.29) is 6.10 Å². The van der Waals surface area contributed by atoms with Crippen LogP contribution in [0.15, 0.2) is 24.3 Å². The Bertz CT molecular complexity index is 474. The fourth-order valence-corrected chi connectivity index (χ4v) is 5.05. The second kappa shape index (κ2) is 7.51. The molecule has 3 rings (SSSR count). The zero-order valence-electron chi connectivity index (χ0n) is 12.8. The van der Waals surface area contributed by atoms with Gasteiger partial charge in [0.2, 0.25) is 5.30 Å². The first-order valence-corrected chi connectivity index (χ1v) is 9.75. The molecule has 2 aliphatic carbocycles. The van der Waals surface area contributed by atoms with E-state index in [1.807, 2.05) is 12.1 Å². The highest BCUT2D eigenvalue weighted by molar-refractivity contribution is 7.48. The Morgan fingerprint density at radius 2 is 1.48 bits per heavy atom. The molecule has 21 heavy (non-hydrogen) atoms. The molecule has 1 unspecified atom stereocenters. The maximum atomic E-state index is 12.7. The molecule has 0 spiro atoms. The van der Waals surface area contributed by atoms with Gasteiger partial charge in [0.05, 0.1) is 0 Å². The molecular formula is C18H26O2P+. The predicted octanol–water partition coefficient (Wildman–Crippen LogP) is 5.45. The van der Waals surface area contributed by atoms with Crippen LogP contribution in [0.3, 0.4) is 0 Å². The molecule has 0 radical (unpaired) electrons. The van der Waals surface area contributed by atoms with Gasteiger partial charge < -0.3 is 0 Å². The smallest absolute Gasteiger partial charge is 0.138 e. The molecule has 0 saturated heterocycles. The molecule has 0 aromatic heterocycles. The molecule has 1 atom stereocenters. The molecule has 0 bridgehead atoms. The highest BCUT2D eigenvalue weighted by Crippen LogP contribution is 2.37. The van der Waals surface area contributed by atoms with Crippen LogP contribution in [-0.4, -0.2) is 6.10 Å². The highest BCUT2D eigenvalue weighted by atomic mass is 31.1. The first-order valence-electron chi connectivity index (χ1n) is 8.57. The zero-order valence-corrected chi connectivity index (χ0v) is 13.7. The summed E-state index contributed by atoms with van der Waals surface area (Å²) in [7, 11) is -1.69. The fourth-order valence-electron chi connectivity index (χ4n) is 3.78. The van der Waals surface area contributed by atoms with Crippen molar-refractivity contribution in [1.29, 1.82) is 0 Å². The van der Waals surface area contributed by atoms with E-state index in [9.17, 15) is 4.57 Å². The molecule has 1 aromatic carbocycles. The fraction of sp³-hybridized carbons (Fsp3) is 0.667. The van der Waals surface area contributed by atoms with Gasteiger partial charge in [0.15, 0.2) is 0 Å². The largest absolute Gasteiger partial charge is 0.549 e. The molecule has 0 N–H and O–H groups in total. The molecule has 3 heteroatoms. The van der Waals surface area contributed by atoms with E-state index in [0.29, 0.717) is 5.92 Å². The summed E-state index contributed by atoms with van der Waals surface area (Å²) in [6.07, 6.45) is 12.5. The lowest BCUT2D eigenvalue weighted by Gasteiger charge is -2.22. The van der Waals surface area contributed by atoms with Crippen LogP contribution in [0, 0.1) is 0 Å². The molecule has 0 amide bonds. The Hall–Kier alpha value is -0.720. The molecular weight excluding hydrogens is 279 g/mol. The van der Waals surface area contributed by atoms with E-state index >= 15 is 0 Å². The summed E-state index contributed by atoms with van der Waals surface area (Å²) < 4.78 is 18.6. The predicted molar refractivity (Wildman–Crippen MR) is 87.5 cm³/mol. The first kappa shape index (κ1) is 15.2. The Balaban J connectivity index is 1.72. The minimum Gasteiger partial charge on any atom is -0.138 e. The quantitative estimate of drug-likeness (QED) is 0.691. The maximum Gasteiger partial charge on any atom is 0.549 e. The number of rotatable bonds is 4. The molecule has 1 aromatic rings. The Kier molecular flexibility index (Phi) is 5.43. The van der Waals surface area contributed by atoms with Gasteiger partial charge in [-0.15, -0.1) is 4.52 Å². The van der Waals surface area contributed by atoms with Crippen LogP contribution in [-0.2, 0) is 9.09 Å². The van der Waals surface area contributed by atoms with Crippen molar-refractivity contribution < 1.29 is 9.09 Å². The summed E-state index contributed by atoms with van der Waals surface area (Å²) in [5.41, 5.74) is 1.29. The van der Waals surface area contributed by atoms with Crippen molar-refractivity contribution >= 4 is 13.3 Å². The van der Waals surface area contributed by atoms with E-state index in [1.54, 1.807) is 0 Å². The Labute approximate surface area is 129 Å². The second-order valence-corrected chi connectivity index (χ2v) is 7.72. The van der Waals surface area contributed by atoms with Crippen LogP contribution in [0.4, 0.5) is 0 Å².